The van der Waals surface area contributed by atoms with Crippen LogP contribution in [0.3, 0.4) is 0 Å². The Hall–Kier alpha value is -2.73. The van der Waals surface area contributed by atoms with Gasteiger partial charge in [0, 0.05) is 5.69 Å². The number of hydrogen-bond acceptors (Lipinski definition) is 5. The summed E-state index contributed by atoms with van der Waals surface area (Å²) in [7, 11) is 4.77. The molecule has 1 amide bonds. The molecule has 2 atom stereocenters. The van der Waals surface area contributed by atoms with Crippen molar-refractivity contribution in [1.82, 2.24) is 5.32 Å². The van der Waals surface area contributed by atoms with Gasteiger partial charge in [0.05, 0.1) is 32.8 Å². The van der Waals surface area contributed by atoms with Crippen LogP contribution in [0.2, 0.25) is 0 Å². The van der Waals surface area contributed by atoms with Gasteiger partial charge in [-0.15, -0.1) is 0 Å². The predicted octanol–water partition coefficient (Wildman–Crippen LogP) is 2.64. The van der Waals surface area contributed by atoms with E-state index in [1.165, 1.54) is 0 Å². The molecule has 136 valence electrons. The van der Waals surface area contributed by atoms with Crippen molar-refractivity contribution in [3.63, 3.8) is 0 Å². The van der Waals surface area contributed by atoms with E-state index >= 15 is 0 Å². The molecule has 26 heavy (non-hydrogen) atoms. The number of carbonyl (C=O) groups is 1. The molecular weight excluding hydrogens is 332 g/mol. The highest BCUT2D eigenvalue weighted by atomic mass is 16.5. The Morgan fingerprint density at radius 1 is 1.04 bits per heavy atom. The molecule has 0 unspecified atom stereocenters. The molecule has 6 heteroatoms. The summed E-state index contributed by atoms with van der Waals surface area (Å²) in [4.78, 5) is 13.0. The van der Waals surface area contributed by atoms with Crippen molar-refractivity contribution >= 4 is 11.6 Å². The van der Waals surface area contributed by atoms with Crippen LogP contribution >= 0.6 is 0 Å². The van der Waals surface area contributed by atoms with Gasteiger partial charge >= 0.3 is 0 Å². The van der Waals surface area contributed by atoms with Gasteiger partial charge in [-0.25, -0.2) is 0 Å². The molecule has 2 heterocycles. The maximum absolute atomic E-state index is 13.0. The van der Waals surface area contributed by atoms with Crippen molar-refractivity contribution in [2.75, 3.05) is 33.2 Å². The Morgan fingerprint density at radius 3 is 2.38 bits per heavy atom. The fourth-order valence-electron chi connectivity index (χ4n) is 4.27. The van der Waals surface area contributed by atoms with E-state index in [9.17, 15) is 4.79 Å². The van der Waals surface area contributed by atoms with Crippen molar-refractivity contribution in [3.8, 4) is 17.2 Å². The number of methoxy groups -OCH3 is 3. The van der Waals surface area contributed by atoms with E-state index in [4.69, 9.17) is 14.2 Å². The maximum Gasteiger partial charge on any atom is 0.237 e. The number of hydrogen-bond donors (Lipinski definition) is 2. The second-order valence-corrected chi connectivity index (χ2v) is 6.57. The molecule has 1 fully saturated rings. The Morgan fingerprint density at radius 2 is 1.73 bits per heavy atom. The van der Waals surface area contributed by atoms with Crippen molar-refractivity contribution in [2.45, 2.75) is 17.9 Å². The smallest absolute Gasteiger partial charge is 0.237 e. The minimum Gasteiger partial charge on any atom is -0.493 e. The molecule has 0 aliphatic carbocycles. The Balaban J connectivity index is 1.87. The quantitative estimate of drug-likeness (QED) is 0.883. The number of rotatable bonds is 4. The molecule has 0 bridgehead atoms. The lowest BCUT2D eigenvalue weighted by Crippen LogP contribution is -2.39. The maximum atomic E-state index is 13.0. The van der Waals surface area contributed by atoms with Gasteiger partial charge in [-0.05, 0) is 42.3 Å². The SMILES string of the molecule is COc1cc([C@H]2NCC[C@]23C(=O)Nc2ccccc23)cc(OC)c1OC. The summed E-state index contributed by atoms with van der Waals surface area (Å²) in [5.41, 5.74) is 2.22. The van der Waals surface area contributed by atoms with Crippen LogP contribution < -0.4 is 24.8 Å². The average molecular weight is 354 g/mol. The molecule has 1 saturated heterocycles. The summed E-state index contributed by atoms with van der Waals surface area (Å²) in [5.74, 6) is 1.74. The molecule has 2 aromatic rings. The van der Waals surface area contributed by atoms with E-state index in [0.29, 0.717) is 17.2 Å². The van der Waals surface area contributed by atoms with Crippen molar-refractivity contribution < 1.29 is 19.0 Å². The van der Waals surface area contributed by atoms with Crippen LogP contribution in [0.25, 0.3) is 0 Å². The van der Waals surface area contributed by atoms with Crippen LogP contribution in [0.4, 0.5) is 5.69 Å². The molecule has 0 aromatic heterocycles. The lowest BCUT2D eigenvalue weighted by molar-refractivity contribution is -0.121. The highest BCUT2D eigenvalue weighted by Crippen LogP contribution is 2.52. The van der Waals surface area contributed by atoms with Crippen molar-refractivity contribution in [2.24, 2.45) is 0 Å². The monoisotopic (exact) mass is 354 g/mol. The number of ether oxygens (including phenoxy) is 3. The summed E-state index contributed by atoms with van der Waals surface area (Å²) in [5, 5.41) is 6.55. The summed E-state index contributed by atoms with van der Waals surface area (Å²) in [6, 6.07) is 11.6. The molecule has 0 radical (unpaired) electrons. The number of fused-ring (bicyclic) bond motifs is 2. The first-order valence-electron chi connectivity index (χ1n) is 8.60. The van der Waals surface area contributed by atoms with Crippen LogP contribution in [0.5, 0.6) is 17.2 Å². The topological polar surface area (TPSA) is 68.8 Å². The third kappa shape index (κ3) is 2.18. The van der Waals surface area contributed by atoms with Gasteiger partial charge in [-0.2, -0.15) is 0 Å². The lowest BCUT2D eigenvalue weighted by atomic mass is 9.73. The minimum atomic E-state index is -0.638. The van der Waals surface area contributed by atoms with Gasteiger partial charge < -0.3 is 24.8 Å². The molecule has 1 spiro atoms. The van der Waals surface area contributed by atoms with Crippen LogP contribution in [0, 0.1) is 0 Å². The minimum absolute atomic E-state index is 0.0300. The van der Waals surface area contributed by atoms with Gasteiger partial charge in [0.15, 0.2) is 11.5 Å². The summed E-state index contributed by atoms with van der Waals surface area (Å²) >= 11 is 0. The number of nitrogens with one attached hydrogen (secondary N) is 2. The number of benzene rings is 2. The third-order valence-corrected chi connectivity index (χ3v) is 5.44. The van der Waals surface area contributed by atoms with E-state index in [0.717, 1.165) is 29.8 Å². The standard InChI is InChI=1S/C20H22N2O4/c1-24-15-10-12(11-16(25-2)17(15)26-3)18-20(8-9-21-18)13-6-4-5-7-14(13)22-19(20)23/h4-7,10-11,18,21H,8-9H2,1-3H3,(H,22,23)/t18-,20-/m1/s1. The lowest BCUT2D eigenvalue weighted by Gasteiger charge is -2.30. The summed E-state index contributed by atoms with van der Waals surface area (Å²) in [6.45, 7) is 0.753. The first kappa shape index (κ1) is 16.7. The molecule has 2 N–H and O–H groups in total. The van der Waals surface area contributed by atoms with E-state index in [-0.39, 0.29) is 11.9 Å². The average Bonchev–Trinajstić information content (AvgIpc) is 3.24. The normalized spacial score (nSPS) is 23.7. The van der Waals surface area contributed by atoms with Gasteiger partial charge in [-0.3, -0.25) is 4.79 Å². The summed E-state index contributed by atoms with van der Waals surface area (Å²) in [6.07, 6.45) is 0.733. The van der Waals surface area contributed by atoms with Crippen LogP contribution in [0.1, 0.15) is 23.6 Å². The van der Waals surface area contributed by atoms with Gasteiger partial charge in [0.2, 0.25) is 11.7 Å². The fraction of sp³-hybridized carbons (Fsp3) is 0.350. The van der Waals surface area contributed by atoms with E-state index < -0.39 is 5.41 Å². The van der Waals surface area contributed by atoms with E-state index in [1.807, 2.05) is 36.4 Å². The second kappa shape index (κ2) is 6.21. The third-order valence-electron chi connectivity index (χ3n) is 5.44. The second-order valence-electron chi connectivity index (χ2n) is 6.57. The van der Waals surface area contributed by atoms with E-state index in [2.05, 4.69) is 10.6 Å². The van der Waals surface area contributed by atoms with Crippen LogP contribution in [0.15, 0.2) is 36.4 Å². The van der Waals surface area contributed by atoms with Crippen molar-refractivity contribution in [1.29, 1.82) is 0 Å². The zero-order valence-corrected chi connectivity index (χ0v) is 15.1. The molecule has 0 saturated carbocycles. The largest absolute Gasteiger partial charge is 0.493 e. The molecule has 2 aliphatic heterocycles. The summed E-state index contributed by atoms with van der Waals surface area (Å²) < 4.78 is 16.4. The highest BCUT2D eigenvalue weighted by molar-refractivity contribution is 6.07. The number of anilines is 1. The number of carbonyl (C=O) groups excluding carboxylic acids is 1. The van der Waals surface area contributed by atoms with Gasteiger partial charge in [-0.1, -0.05) is 18.2 Å². The van der Waals surface area contributed by atoms with Gasteiger partial charge in [0.1, 0.15) is 0 Å². The molecule has 2 aliphatic rings. The molecule has 6 nitrogen and oxygen atoms in total. The van der Waals surface area contributed by atoms with Crippen molar-refractivity contribution in [3.05, 3.63) is 47.5 Å². The highest BCUT2D eigenvalue weighted by Gasteiger charge is 2.55. The van der Waals surface area contributed by atoms with E-state index in [1.54, 1.807) is 21.3 Å². The Labute approximate surface area is 152 Å². The molecule has 4 rings (SSSR count). The fourth-order valence-corrected chi connectivity index (χ4v) is 4.27. The van der Waals surface area contributed by atoms with Crippen LogP contribution in [-0.4, -0.2) is 33.8 Å². The zero-order valence-electron chi connectivity index (χ0n) is 15.1. The first-order valence-corrected chi connectivity index (χ1v) is 8.60. The Bertz CT molecular complexity index is 842. The Kier molecular flexibility index (Phi) is 4.00. The van der Waals surface area contributed by atoms with Crippen LogP contribution in [-0.2, 0) is 10.2 Å². The number of amides is 1. The number of para-hydroxylation sites is 1. The van der Waals surface area contributed by atoms with Gasteiger partial charge in [0.25, 0.3) is 0 Å². The predicted molar refractivity (Wildman–Crippen MR) is 98.2 cm³/mol. The molecular formula is C20H22N2O4. The zero-order chi connectivity index (χ0) is 18.3. The molecule has 2 aromatic carbocycles. The first-order chi connectivity index (χ1) is 12.7.